The summed E-state index contributed by atoms with van der Waals surface area (Å²) in [5.74, 6) is -0.00269. The fourth-order valence-corrected chi connectivity index (χ4v) is 2.98. The summed E-state index contributed by atoms with van der Waals surface area (Å²) < 4.78 is 24.2. The molecule has 0 aromatic heterocycles. The Hall–Kier alpha value is -1.81. The highest BCUT2D eigenvalue weighted by Crippen LogP contribution is 2.18. The third-order valence-corrected chi connectivity index (χ3v) is 4.10. The third kappa shape index (κ3) is 2.85. The Kier molecular flexibility index (Phi) is 3.15. The molecule has 0 atom stereocenters. The predicted molar refractivity (Wildman–Crippen MR) is 68.2 cm³/mol. The maximum atomic E-state index is 12.1. The van der Waals surface area contributed by atoms with Gasteiger partial charge in [-0.2, -0.15) is 0 Å². The molecule has 0 bridgehead atoms. The van der Waals surface area contributed by atoms with Gasteiger partial charge in [0, 0.05) is 5.69 Å². The Morgan fingerprint density at radius 3 is 2.29 bits per heavy atom. The zero-order chi connectivity index (χ0) is 12.3. The SMILES string of the molecule is Nc1cccc(S(=O)(=O)Cc2ccccc2)c1. The maximum Gasteiger partial charge on any atom is 0.182 e. The van der Waals surface area contributed by atoms with Gasteiger partial charge in [0.25, 0.3) is 0 Å². The molecule has 0 aliphatic rings. The van der Waals surface area contributed by atoms with E-state index in [1.807, 2.05) is 18.2 Å². The number of hydrogen-bond donors (Lipinski definition) is 1. The van der Waals surface area contributed by atoms with Crippen LogP contribution in [0.2, 0.25) is 0 Å². The van der Waals surface area contributed by atoms with Crippen LogP contribution in [-0.4, -0.2) is 8.42 Å². The van der Waals surface area contributed by atoms with Crippen LogP contribution in [-0.2, 0) is 15.6 Å². The molecular formula is C13H13NO2S. The normalized spacial score (nSPS) is 11.3. The van der Waals surface area contributed by atoms with Crippen molar-refractivity contribution in [2.75, 3.05) is 5.73 Å². The molecule has 3 nitrogen and oxygen atoms in total. The second-order valence-electron chi connectivity index (χ2n) is 3.82. The molecule has 4 heteroatoms. The molecule has 0 fully saturated rings. The van der Waals surface area contributed by atoms with Crippen LogP contribution in [0.3, 0.4) is 0 Å². The Balaban J connectivity index is 2.32. The minimum Gasteiger partial charge on any atom is -0.399 e. The van der Waals surface area contributed by atoms with Gasteiger partial charge in [-0.15, -0.1) is 0 Å². The lowest BCUT2D eigenvalue weighted by Crippen LogP contribution is -2.05. The molecule has 17 heavy (non-hydrogen) atoms. The highest BCUT2D eigenvalue weighted by molar-refractivity contribution is 7.90. The summed E-state index contributed by atoms with van der Waals surface area (Å²) >= 11 is 0. The van der Waals surface area contributed by atoms with Crippen LogP contribution < -0.4 is 5.73 Å². The van der Waals surface area contributed by atoms with Gasteiger partial charge in [0.1, 0.15) is 0 Å². The van der Waals surface area contributed by atoms with Crippen LogP contribution in [0.15, 0.2) is 59.5 Å². The average molecular weight is 247 g/mol. The second kappa shape index (κ2) is 4.59. The molecule has 0 saturated carbocycles. The van der Waals surface area contributed by atoms with Crippen molar-refractivity contribution < 1.29 is 8.42 Å². The minimum absolute atomic E-state index is 0.00269. The number of hydrogen-bond acceptors (Lipinski definition) is 3. The van der Waals surface area contributed by atoms with Crippen LogP contribution in [0.25, 0.3) is 0 Å². The van der Waals surface area contributed by atoms with Crippen LogP contribution in [0.5, 0.6) is 0 Å². The molecule has 2 aromatic carbocycles. The van der Waals surface area contributed by atoms with E-state index >= 15 is 0 Å². The zero-order valence-corrected chi connectivity index (χ0v) is 10.0. The quantitative estimate of drug-likeness (QED) is 0.846. The van der Waals surface area contributed by atoms with E-state index in [2.05, 4.69) is 0 Å². The number of sulfone groups is 1. The zero-order valence-electron chi connectivity index (χ0n) is 9.21. The highest BCUT2D eigenvalue weighted by atomic mass is 32.2. The van der Waals surface area contributed by atoms with E-state index in [1.54, 1.807) is 30.3 Å². The Labute approximate surface area is 101 Å². The van der Waals surface area contributed by atoms with Gasteiger partial charge in [-0.3, -0.25) is 0 Å². The molecule has 0 amide bonds. The van der Waals surface area contributed by atoms with Crippen LogP contribution in [0.1, 0.15) is 5.56 Å². The summed E-state index contributed by atoms with van der Waals surface area (Å²) in [7, 11) is -3.32. The summed E-state index contributed by atoms with van der Waals surface area (Å²) in [6.45, 7) is 0. The van der Waals surface area contributed by atoms with Gasteiger partial charge in [-0.25, -0.2) is 8.42 Å². The second-order valence-corrected chi connectivity index (χ2v) is 5.81. The van der Waals surface area contributed by atoms with Gasteiger partial charge in [-0.05, 0) is 23.8 Å². The first-order valence-corrected chi connectivity index (χ1v) is 6.85. The molecule has 0 unspecified atom stereocenters. The van der Waals surface area contributed by atoms with E-state index < -0.39 is 9.84 Å². The number of benzene rings is 2. The van der Waals surface area contributed by atoms with Gasteiger partial charge in [0.2, 0.25) is 0 Å². The standard InChI is InChI=1S/C13H13NO2S/c14-12-7-4-8-13(9-12)17(15,16)10-11-5-2-1-3-6-11/h1-9H,10,14H2. The largest absolute Gasteiger partial charge is 0.399 e. The predicted octanol–water partition coefficient (Wildman–Crippen LogP) is 2.24. The van der Waals surface area contributed by atoms with Crippen LogP contribution >= 0.6 is 0 Å². The molecule has 2 aromatic rings. The summed E-state index contributed by atoms with van der Waals surface area (Å²) in [6, 6.07) is 15.5. The van der Waals surface area contributed by atoms with Crippen molar-refractivity contribution >= 4 is 15.5 Å². The molecule has 2 N–H and O–H groups in total. The van der Waals surface area contributed by atoms with Crippen molar-refractivity contribution in [3.63, 3.8) is 0 Å². The van der Waals surface area contributed by atoms with Gasteiger partial charge < -0.3 is 5.73 Å². The lowest BCUT2D eigenvalue weighted by molar-refractivity contribution is 0.595. The van der Waals surface area contributed by atoms with E-state index in [9.17, 15) is 8.42 Å². The first-order chi connectivity index (χ1) is 8.08. The van der Waals surface area contributed by atoms with E-state index in [4.69, 9.17) is 5.73 Å². The topological polar surface area (TPSA) is 60.2 Å². The van der Waals surface area contributed by atoms with Gasteiger partial charge >= 0.3 is 0 Å². The Morgan fingerprint density at radius 2 is 1.65 bits per heavy atom. The summed E-state index contributed by atoms with van der Waals surface area (Å²) in [5.41, 5.74) is 6.81. The average Bonchev–Trinajstić information content (AvgIpc) is 2.30. The molecule has 88 valence electrons. The number of nitrogen functional groups attached to an aromatic ring is 1. The lowest BCUT2D eigenvalue weighted by Gasteiger charge is -2.05. The first kappa shape index (κ1) is 11.7. The molecule has 0 radical (unpaired) electrons. The smallest absolute Gasteiger partial charge is 0.182 e. The molecular weight excluding hydrogens is 234 g/mol. The molecule has 0 aliphatic heterocycles. The Bertz CT molecular complexity index is 606. The molecule has 0 spiro atoms. The number of anilines is 1. The lowest BCUT2D eigenvalue weighted by atomic mass is 10.2. The maximum absolute atomic E-state index is 12.1. The molecule has 0 saturated heterocycles. The van der Waals surface area contributed by atoms with Crippen molar-refractivity contribution in [3.05, 3.63) is 60.2 Å². The van der Waals surface area contributed by atoms with Crippen molar-refractivity contribution in [2.45, 2.75) is 10.6 Å². The van der Waals surface area contributed by atoms with E-state index in [0.29, 0.717) is 5.69 Å². The third-order valence-electron chi connectivity index (χ3n) is 2.42. The minimum atomic E-state index is -3.32. The van der Waals surface area contributed by atoms with Gasteiger partial charge in [-0.1, -0.05) is 36.4 Å². The summed E-state index contributed by atoms with van der Waals surface area (Å²) in [5, 5.41) is 0. The number of nitrogens with two attached hydrogens (primary N) is 1. The van der Waals surface area contributed by atoms with Gasteiger partial charge in [0.15, 0.2) is 9.84 Å². The van der Waals surface area contributed by atoms with Crippen molar-refractivity contribution in [1.29, 1.82) is 0 Å². The van der Waals surface area contributed by atoms with E-state index in [0.717, 1.165) is 5.56 Å². The summed E-state index contributed by atoms with van der Waals surface area (Å²) in [6.07, 6.45) is 0. The molecule has 0 aliphatic carbocycles. The highest BCUT2D eigenvalue weighted by Gasteiger charge is 2.14. The number of rotatable bonds is 3. The monoisotopic (exact) mass is 247 g/mol. The van der Waals surface area contributed by atoms with E-state index in [1.165, 1.54) is 6.07 Å². The molecule has 0 heterocycles. The van der Waals surface area contributed by atoms with Crippen molar-refractivity contribution in [2.24, 2.45) is 0 Å². The summed E-state index contributed by atoms with van der Waals surface area (Å²) in [4.78, 5) is 0.265. The fourth-order valence-electron chi connectivity index (χ4n) is 1.58. The first-order valence-electron chi connectivity index (χ1n) is 5.20. The van der Waals surface area contributed by atoms with Crippen LogP contribution in [0, 0.1) is 0 Å². The van der Waals surface area contributed by atoms with Gasteiger partial charge in [0.05, 0.1) is 10.6 Å². The van der Waals surface area contributed by atoms with Crippen molar-refractivity contribution in [1.82, 2.24) is 0 Å². The van der Waals surface area contributed by atoms with E-state index in [-0.39, 0.29) is 10.6 Å². The molecule has 2 rings (SSSR count). The van der Waals surface area contributed by atoms with Crippen LogP contribution in [0.4, 0.5) is 5.69 Å². The Morgan fingerprint density at radius 1 is 0.941 bits per heavy atom. The fraction of sp³-hybridized carbons (Fsp3) is 0.0769. The van der Waals surface area contributed by atoms with Crippen molar-refractivity contribution in [3.8, 4) is 0 Å².